The van der Waals surface area contributed by atoms with Crippen LogP contribution in [0, 0.1) is 0 Å². The topological polar surface area (TPSA) is 98.1 Å². The molecular formula is C19H16ClN7O2S. The minimum atomic E-state index is -0.639. The van der Waals surface area contributed by atoms with Crippen LogP contribution in [0.5, 0.6) is 5.75 Å². The van der Waals surface area contributed by atoms with Gasteiger partial charge in [0.25, 0.3) is 5.91 Å². The quantitative estimate of drug-likeness (QED) is 0.363. The van der Waals surface area contributed by atoms with Crippen molar-refractivity contribution in [2.75, 3.05) is 12.5 Å². The molecule has 0 bridgehead atoms. The van der Waals surface area contributed by atoms with Crippen molar-refractivity contribution in [1.29, 1.82) is 0 Å². The van der Waals surface area contributed by atoms with Gasteiger partial charge in [0.2, 0.25) is 5.13 Å². The lowest BCUT2D eigenvalue weighted by Gasteiger charge is -2.43. The fourth-order valence-electron chi connectivity index (χ4n) is 3.33. The van der Waals surface area contributed by atoms with Gasteiger partial charge in [-0.3, -0.25) is 10.2 Å². The van der Waals surface area contributed by atoms with Gasteiger partial charge in [-0.05, 0) is 29.8 Å². The number of fused-ring (bicyclic) bond motifs is 1. The van der Waals surface area contributed by atoms with E-state index in [1.165, 1.54) is 16.3 Å². The second kappa shape index (κ2) is 7.54. The van der Waals surface area contributed by atoms with Gasteiger partial charge in [-0.15, -0.1) is 26.9 Å². The van der Waals surface area contributed by atoms with Crippen LogP contribution in [-0.2, 0) is 11.3 Å². The van der Waals surface area contributed by atoms with E-state index in [4.69, 9.17) is 16.3 Å². The number of aromatic nitrogens is 5. The van der Waals surface area contributed by atoms with Gasteiger partial charge in [-0.1, -0.05) is 40.8 Å². The molecule has 0 saturated carbocycles. The summed E-state index contributed by atoms with van der Waals surface area (Å²) in [5, 5.41) is 18.8. The highest BCUT2D eigenvalue weighted by Crippen LogP contribution is 2.39. The third-order valence-corrected chi connectivity index (χ3v) is 6.11. The number of nitrogens with zero attached hydrogens (tertiary/aromatic N) is 6. The summed E-state index contributed by atoms with van der Waals surface area (Å²) in [7, 11) is 1.61. The van der Waals surface area contributed by atoms with Crippen molar-refractivity contribution in [3.8, 4) is 5.75 Å². The first-order chi connectivity index (χ1) is 14.6. The largest absolute Gasteiger partial charge is 0.497 e. The van der Waals surface area contributed by atoms with Crippen molar-refractivity contribution in [3.05, 3.63) is 59.1 Å². The Morgan fingerprint density at radius 1 is 1.13 bits per heavy atom. The zero-order chi connectivity index (χ0) is 20.7. The highest BCUT2D eigenvalue weighted by molar-refractivity contribution is 7.15. The molecule has 5 rings (SSSR count). The molecule has 2 aromatic carbocycles. The molecule has 0 radical (unpaired) electrons. The number of hydrazine groups is 1. The maximum Gasteiger partial charge on any atom is 0.262 e. The van der Waals surface area contributed by atoms with E-state index in [-0.39, 0.29) is 11.9 Å². The number of hydrogen-bond acceptors (Lipinski definition) is 8. The monoisotopic (exact) mass is 441 g/mol. The smallest absolute Gasteiger partial charge is 0.262 e. The van der Waals surface area contributed by atoms with Crippen LogP contribution in [0.15, 0.2) is 48.5 Å². The summed E-state index contributed by atoms with van der Waals surface area (Å²) in [4.78, 5) is 12.3. The van der Waals surface area contributed by atoms with Crippen LogP contribution < -0.4 is 10.2 Å². The van der Waals surface area contributed by atoms with E-state index in [0.29, 0.717) is 11.7 Å². The van der Waals surface area contributed by atoms with E-state index in [1.54, 1.807) is 11.8 Å². The Kier molecular flexibility index (Phi) is 4.72. The Bertz CT molecular complexity index is 1210. The van der Waals surface area contributed by atoms with Gasteiger partial charge in [0, 0.05) is 0 Å². The second-order valence-corrected chi connectivity index (χ2v) is 8.21. The molecule has 3 heterocycles. The summed E-state index contributed by atoms with van der Waals surface area (Å²) in [5.74, 6) is 0.529. The molecule has 1 amide bonds. The summed E-state index contributed by atoms with van der Waals surface area (Å²) in [6.07, 6.45) is 0. The number of β-lactam (4-membered cyclic amide) rings is 1. The van der Waals surface area contributed by atoms with Crippen molar-refractivity contribution in [3.63, 3.8) is 0 Å². The molecular weight excluding hydrogens is 426 g/mol. The third kappa shape index (κ3) is 3.23. The fourth-order valence-corrected chi connectivity index (χ4v) is 4.41. The van der Waals surface area contributed by atoms with Crippen LogP contribution in [0.1, 0.15) is 16.6 Å². The van der Waals surface area contributed by atoms with Gasteiger partial charge >= 0.3 is 0 Å². The Morgan fingerprint density at radius 3 is 2.73 bits per heavy atom. The Morgan fingerprint density at radius 2 is 1.93 bits per heavy atom. The van der Waals surface area contributed by atoms with Crippen LogP contribution in [-0.4, -0.2) is 48.6 Å². The molecule has 152 valence electrons. The lowest BCUT2D eigenvalue weighted by atomic mass is 9.95. The molecule has 0 aliphatic carbocycles. The minimum Gasteiger partial charge on any atom is -0.497 e. The molecule has 1 saturated heterocycles. The molecule has 1 fully saturated rings. The third-order valence-electron chi connectivity index (χ3n) is 4.87. The summed E-state index contributed by atoms with van der Waals surface area (Å²) in [6, 6.07) is 14.9. The van der Waals surface area contributed by atoms with Crippen molar-refractivity contribution >= 4 is 45.0 Å². The molecule has 1 aliphatic rings. The number of anilines is 1. The molecule has 4 aromatic rings. The SMILES string of the molecule is COc1ccc(C2C(Cl)C(=O)N2Nc2nnc(Cn3nnc4ccccc43)s2)cc1. The predicted octanol–water partition coefficient (Wildman–Crippen LogP) is 2.86. The van der Waals surface area contributed by atoms with Crippen molar-refractivity contribution < 1.29 is 9.53 Å². The average molecular weight is 442 g/mol. The molecule has 1 N–H and O–H groups in total. The predicted molar refractivity (Wildman–Crippen MR) is 112 cm³/mol. The molecule has 2 unspecified atom stereocenters. The Hall–Kier alpha value is -3.24. The van der Waals surface area contributed by atoms with Crippen LogP contribution in [0.4, 0.5) is 5.13 Å². The first kappa shape index (κ1) is 18.8. The van der Waals surface area contributed by atoms with E-state index in [1.807, 2.05) is 48.5 Å². The number of rotatable bonds is 6. The number of hydrogen-bond donors (Lipinski definition) is 1. The molecule has 11 heteroatoms. The minimum absolute atomic E-state index is 0.212. The number of alkyl halides is 1. The standard InChI is InChI=1S/C19H16ClN7O2S/c1-29-12-8-6-11(7-9-12)17-16(20)18(28)27(17)24-19-23-22-15(30-19)10-26-14-5-3-2-4-13(14)21-25-26/h2-9,16-17H,10H2,1H3,(H,23,24). The number of nitrogens with one attached hydrogen (secondary N) is 1. The van der Waals surface area contributed by atoms with Gasteiger partial charge in [0.05, 0.1) is 19.2 Å². The highest BCUT2D eigenvalue weighted by atomic mass is 35.5. The lowest BCUT2D eigenvalue weighted by Crippen LogP contribution is -2.58. The lowest BCUT2D eigenvalue weighted by molar-refractivity contribution is -0.143. The number of ether oxygens (including phenoxy) is 1. The molecule has 2 atom stereocenters. The van der Waals surface area contributed by atoms with Crippen LogP contribution in [0.2, 0.25) is 0 Å². The van der Waals surface area contributed by atoms with Crippen LogP contribution in [0.25, 0.3) is 11.0 Å². The number of carbonyl (C=O) groups excluding carboxylic acids is 1. The normalized spacial score (nSPS) is 18.5. The van der Waals surface area contributed by atoms with E-state index in [0.717, 1.165) is 27.4 Å². The highest BCUT2D eigenvalue weighted by Gasteiger charge is 2.48. The van der Waals surface area contributed by atoms with E-state index in [9.17, 15) is 4.79 Å². The fraction of sp³-hybridized carbons (Fsp3) is 0.211. The first-order valence-electron chi connectivity index (χ1n) is 9.12. The van der Waals surface area contributed by atoms with Crippen LogP contribution >= 0.6 is 22.9 Å². The zero-order valence-electron chi connectivity index (χ0n) is 15.8. The average Bonchev–Trinajstić information content (AvgIpc) is 3.41. The Labute approximate surface area is 180 Å². The number of methoxy groups -OCH3 is 1. The number of carbonyl (C=O) groups is 1. The zero-order valence-corrected chi connectivity index (χ0v) is 17.3. The number of benzene rings is 2. The second-order valence-electron chi connectivity index (χ2n) is 6.68. The summed E-state index contributed by atoms with van der Waals surface area (Å²) < 4.78 is 6.95. The van der Waals surface area contributed by atoms with Crippen molar-refractivity contribution in [2.45, 2.75) is 18.0 Å². The summed E-state index contributed by atoms with van der Waals surface area (Å²) in [5.41, 5.74) is 5.69. The van der Waals surface area contributed by atoms with Crippen molar-refractivity contribution in [1.82, 2.24) is 30.2 Å². The maximum atomic E-state index is 12.3. The van der Waals surface area contributed by atoms with Gasteiger partial charge in [-0.2, -0.15) is 0 Å². The van der Waals surface area contributed by atoms with Gasteiger partial charge in [0.1, 0.15) is 27.7 Å². The van der Waals surface area contributed by atoms with Gasteiger partial charge in [-0.25, -0.2) is 9.69 Å². The maximum absolute atomic E-state index is 12.3. The molecule has 30 heavy (non-hydrogen) atoms. The molecule has 1 aliphatic heterocycles. The molecule has 9 nitrogen and oxygen atoms in total. The molecule has 0 spiro atoms. The number of amides is 1. The number of halogens is 1. The van der Waals surface area contributed by atoms with E-state index < -0.39 is 5.38 Å². The van der Waals surface area contributed by atoms with Gasteiger partial charge < -0.3 is 4.74 Å². The number of para-hydroxylation sites is 1. The van der Waals surface area contributed by atoms with E-state index >= 15 is 0 Å². The van der Waals surface area contributed by atoms with Crippen LogP contribution in [0.3, 0.4) is 0 Å². The van der Waals surface area contributed by atoms with Crippen molar-refractivity contribution in [2.24, 2.45) is 0 Å². The molecule has 2 aromatic heterocycles. The first-order valence-corrected chi connectivity index (χ1v) is 10.4. The summed E-state index contributed by atoms with van der Waals surface area (Å²) >= 11 is 7.62. The Balaban J connectivity index is 1.31. The summed E-state index contributed by atoms with van der Waals surface area (Å²) in [6.45, 7) is 0.438. The van der Waals surface area contributed by atoms with E-state index in [2.05, 4.69) is 25.9 Å². The van der Waals surface area contributed by atoms with Gasteiger partial charge in [0.15, 0.2) is 0 Å².